The van der Waals surface area contributed by atoms with Crippen molar-refractivity contribution < 1.29 is 4.79 Å². The van der Waals surface area contributed by atoms with Crippen LogP contribution in [0.5, 0.6) is 0 Å². The second kappa shape index (κ2) is 7.74. The normalized spacial score (nSPS) is 17.9. The molecular weight excluding hydrogens is 226 g/mol. The molecule has 1 amide bonds. The lowest BCUT2D eigenvalue weighted by Crippen LogP contribution is -2.49. The fraction of sp³-hybridized carbons (Fsp3) is 0.929. The number of nitrogens with one attached hydrogen (secondary N) is 2. The van der Waals surface area contributed by atoms with Gasteiger partial charge in [0.15, 0.2) is 0 Å². The molecule has 0 aromatic rings. The molecule has 0 saturated carbocycles. The highest BCUT2D eigenvalue weighted by Crippen LogP contribution is 2.15. The van der Waals surface area contributed by atoms with Crippen LogP contribution in [0, 0.1) is 11.8 Å². The smallest absolute Gasteiger partial charge is 0.223 e. The fourth-order valence-corrected chi connectivity index (χ4v) is 2.00. The van der Waals surface area contributed by atoms with E-state index in [2.05, 4.69) is 36.4 Å². The lowest BCUT2D eigenvalue weighted by molar-refractivity contribution is -0.126. The minimum atomic E-state index is 0.157. The SMILES string of the molecule is CC(C(=O)NCCCCN(C)C(C)C)C1CNC1. The number of unbranched alkanes of at least 4 members (excludes halogenated alkanes) is 1. The fourth-order valence-electron chi connectivity index (χ4n) is 2.00. The average molecular weight is 255 g/mol. The molecule has 4 heteroatoms. The third-order valence-electron chi connectivity index (χ3n) is 4.05. The zero-order valence-electron chi connectivity index (χ0n) is 12.3. The number of carbonyl (C=O) groups is 1. The van der Waals surface area contributed by atoms with E-state index in [1.54, 1.807) is 0 Å². The summed E-state index contributed by atoms with van der Waals surface area (Å²) in [6.45, 7) is 10.4. The molecule has 18 heavy (non-hydrogen) atoms. The quantitative estimate of drug-likeness (QED) is 0.638. The van der Waals surface area contributed by atoms with Crippen molar-refractivity contribution in [2.75, 3.05) is 33.2 Å². The van der Waals surface area contributed by atoms with Crippen LogP contribution in [0.3, 0.4) is 0 Å². The second-order valence-corrected chi connectivity index (χ2v) is 5.78. The number of hydrogen-bond donors (Lipinski definition) is 2. The van der Waals surface area contributed by atoms with E-state index in [9.17, 15) is 4.79 Å². The Labute approximate surface area is 111 Å². The molecule has 4 nitrogen and oxygen atoms in total. The maximum absolute atomic E-state index is 11.8. The van der Waals surface area contributed by atoms with Gasteiger partial charge in [0.05, 0.1) is 0 Å². The Hall–Kier alpha value is -0.610. The summed E-state index contributed by atoms with van der Waals surface area (Å²) in [4.78, 5) is 14.2. The summed E-state index contributed by atoms with van der Waals surface area (Å²) in [5.41, 5.74) is 0. The van der Waals surface area contributed by atoms with E-state index in [-0.39, 0.29) is 11.8 Å². The van der Waals surface area contributed by atoms with E-state index >= 15 is 0 Å². The summed E-state index contributed by atoms with van der Waals surface area (Å²) in [6.07, 6.45) is 2.22. The molecule has 0 aliphatic carbocycles. The molecule has 1 unspecified atom stereocenters. The Bertz CT molecular complexity index is 251. The standard InChI is InChI=1S/C14H29N3O/c1-11(2)17(4)8-6-5-7-16-14(18)12(3)13-9-15-10-13/h11-13,15H,5-10H2,1-4H3,(H,16,18). The van der Waals surface area contributed by atoms with Crippen molar-refractivity contribution in [3.63, 3.8) is 0 Å². The molecule has 0 spiro atoms. The lowest BCUT2D eigenvalue weighted by Gasteiger charge is -2.31. The first-order valence-corrected chi connectivity index (χ1v) is 7.21. The molecule has 0 aromatic carbocycles. The maximum Gasteiger partial charge on any atom is 0.223 e. The summed E-state index contributed by atoms with van der Waals surface area (Å²) in [6, 6.07) is 0.603. The summed E-state index contributed by atoms with van der Waals surface area (Å²) in [5, 5.41) is 6.26. The van der Waals surface area contributed by atoms with Crippen molar-refractivity contribution in [3.05, 3.63) is 0 Å². The number of amides is 1. The number of rotatable bonds is 8. The first-order chi connectivity index (χ1) is 8.52. The zero-order valence-corrected chi connectivity index (χ0v) is 12.3. The van der Waals surface area contributed by atoms with Gasteiger partial charge in [-0.15, -0.1) is 0 Å². The van der Waals surface area contributed by atoms with Crippen molar-refractivity contribution >= 4 is 5.91 Å². The molecule has 0 radical (unpaired) electrons. The van der Waals surface area contributed by atoms with Gasteiger partial charge in [-0.1, -0.05) is 6.92 Å². The molecule has 1 heterocycles. The van der Waals surface area contributed by atoms with Gasteiger partial charge in [-0.05, 0) is 59.3 Å². The Morgan fingerprint density at radius 1 is 1.33 bits per heavy atom. The molecule has 0 aromatic heterocycles. The van der Waals surface area contributed by atoms with Crippen LogP contribution in [0.1, 0.15) is 33.6 Å². The van der Waals surface area contributed by atoms with Gasteiger partial charge >= 0.3 is 0 Å². The van der Waals surface area contributed by atoms with Crippen molar-refractivity contribution in [3.8, 4) is 0 Å². The van der Waals surface area contributed by atoms with Gasteiger partial charge < -0.3 is 15.5 Å². The van der Waals surface area contributed by atoms with Crippen molar-refractivity contribution in [1.29, 1.82) is 0 Å². The molecule has 1 fully saturated rings. The monoisotopic (exact) mass is 255 g/mol. The summed E-state index contributed by atoms with van der Waals surface area (Å²) in [7, 11) is 2.15. The van der Waals surface area contributed by atoms with Crippen molar-refractivity contribution in [2.45, 2.75) is 39.7 Å². The van der Waals surface area contributed by atoms with E-state index in [4.69, 9.17) is 0 Å². The topological polar surface area (TPSA) is 44.4 Å². The van der Waals surface area contributed by atoms with Crippen LogP contribution in [-0.2, 0) is 4.79 Å². The predicted molar refractivity (Wildman–Crippen MR) is 75.5 cm³/mol. The maximum atomic E-state index is 11.8. The summed E-state index contributed by atoms with van der Waals surface area (Å²) < 4.78 is 0. The lowest BCUT2D eigenvalue weighted by atomic mass is 9.88. The van der Waals surface area contributed by atoms with E-state index < -0.39 is 0 Å². The third kappa shape index (κ3) is 4.94. The molecule has 1 saturated heterocycles. The number of hydrogen-bond acceptors (Lipinski definition) is 3. The average Bonchev–Trinajstić information content (AvgIpc) is 2.25. The zero-order chi connectivity index (χ0) is 13.5. The highest BCUT2D eigenvalue weighted by molar-refractivity contribution is 5.78. The van der Waals surface area contributed by atoms with Crippen LogP contribution in [0.15, 0.2) is 0 Å². The van der Waals surface area contributed by atoms with Crippen molar-refractivity contribution in [2.24, 2.45) is 11.8 Å². The molecule has 1 atom stereocenters. The van der Waals surface area contributed by atoms with Gasteiger partial charge in [0, 0.05) is 18.5 Å². The Kier molecular flexibility index (Phi) is 6.65. The summed E-state index contributed by atoms with van der Waals surface area (Å²) >= 11 is 0. The first kappa shape index (κ1) is 15.4. The molecule has 1 aliphatic rings. The highest BCUT2D eigenvalue weighted by Gasteiger charge is 2.28. The third-order valence-corrected chi connectivity index (χ3v) is 4.05. The van der Waals surface area contributed by atoms with Gasteiger partial charge in [0.1, 0.15) is 0 Å². The second-order valence-electron chi connectivity index (χ2n) is 5.78. The molecule has 106 valence electrons. The van der Waals surface area contributed by atoms with Crippen LogP contribution >= 0.6 is 0 Å². The van der Waals surface area contributed by atoms with E-state index in [1.165, 1.54) is 0 Å². The Morgan fingerprint density at radius 3 is 2.50 bits per heavy atom. The van der Waals surface area contributed by atoms with E-state index in [0.29, 0.717) is 12.0 Å². The Balaban J connectivity index is 2.01. The molecule has 1 rings (SSSR count). The number of nitrogens with zero attached hydrogens (tertiary/aromatic N) is 1. The van der Waals surface area contributed by atoms with Gasteiger partial charge in [-0.3, -0.25) is 4.79 Å². The van der Waals surface area contributed by atoms with Crippen LogP contribution in [0.25, 0.3) is 0 Å². The largest absolute Gasteiger partial charge is 0.356 e. The van der Waals surface area contributed by atoms with E-state index in [0.717, 1.165) is 39.0 Å². The van der Waals surface area contributed by atoms with E-state index in [1.807, 2.05) is 6.92 Å². The molecular formula is C14H29N3O. The molecule has 0 bridgehead atoms. The summed E-state index contributed by atoms with van der Waals surface area (Å²) in [5.74, 6) is 0.917. The molecule has 2 N–H and O–H groups in total. The minimum absolute atomic E-state index is 0.157. The van der Waals surface area contributed by atoms with Crippen LogP contribution in [0.2, 0.25) is 0 Å². The minimum Gasteiger partial charge on any atom is -0.356 e. The van der Waals surface area contributed by atoms with Crippen LogP contribution in [0.4, 0.5) is 0 Å². The number of carbonyl (C=O) groups excluding carboxylic acids is 1. The predicted octanol–water partition coefficient (Wildman–Crippen LogP) is 1.08. The van der Waals surface area contributed by atoms with Gasteiger partial charge in [-0.25, -0.2) is 0 Å². The highest BCUT2D eigenvalue weighted by atomic mass is 16.1. The first-order valence-electron chi connectivity index (χ1n) is 7.21. The van der Waals surface area contributed by atoms with Crippen LogP contribution < -0.4 is 10.6 Å². The van der Waals surface area contributed by atoms with Gasteiger partial charge in [0.2, 0.25) is 5.91 Å². The van der Waals surface area contributed by atoms with Gasteiger partial charge in [-0.2, -0.15) is 0 Å². The molecule has 1 aliphatic heterocycles. The van der Waals surface area contributed by atoms with Gasteiger partial charge in [0.25, 0.3) is 0 Å². The van der Waals surface area contributed by atoms with Crippen molar-refractivity contribution in [1.82, 2.24) is 15.5 Å². The Morgan fingerprint density at radius 2 is 2.00 bits per heavy atom. The van der Waals surface area contributed by atoms with Crippen LogP contribution in [-0.4, -0.2) is 50.1 Å².